The van der Waals surface area contributed by atoms with Crippen molar-refractivity contribution in [2.45, 2.75) is 60.0 Å². The molecule has 3 atom stereocenters. The van der Waals surface area contributed by atoms with Gasteiger partial charge in [0.05, 0.1) is 0 Å². The van der Waals surface area contributed by atoms with E-state index < -0.39 is 0 Å². The van der Waals surface area contributed by atoms with Crippen LogP contribution in [-0.2, 0) is 16.1 Å². The molecule has 0 saturated heterocycles. The molecule has 1 aromatic carbocycles. The molecular formula is C18H28O2. The predicted octanol–water partition coefficient (Wildman–Crippen LogP) is 4.93. The summed E-state index contributed by atoms with van der Waals surface area (Å²) in [6.07, 6.45) is 2.52. The number of benzene rings is 1. The highest BCUT2D eigenvalue weighted by atomic mass is 16.5. The van der Waals surface area contributed by atoms with Gasteiger partial charge in [0.25, 0.3) is 0 Å². The van der Waals surface area contributed by atoms with Gasteiger partial charge in [-0.15, -0.1) is 0 Å². The maximum Gasteiger partial charge on any atom is 0.302 e. The number of carbonyl (C=O) groups excluding carboxylic acids is 1. The molecule has 0 aliphatic heterocycles. The van der Waals surface area contributed by atoms with E-state index in [1.54, 1.807) is 0 Å². The molecule has 0 bridgehead atoms. The Morgan fingerprint density at radius 3 is 2.25 bits per heavy atom. The van der Waals surface area contributed by atoms with Crippen molar-refractivity contribution in [3.05, 3.63) is 35.4 Å². The van der Waals surface area contributed by atoms with E-state index in [4.69, 9.17) is 4.74 Å². The highest BCUT2D eigenvalue weighted by Crippen LogP contribution is 2.29. The lowest BCUT2D eigenvalue weighted by Crippen LogP contribution is -2.10. The fourth-order valence-corrected chi connectivity index (χ4v) is 2.44. The topological polar surface area (TPSA) is 26.3 Å². The average Bonchev–Trinajstić information content (AvgIpc) is 2.44. The molecule has 20 heavy (non-hydrogen) atoms. The van der Waals surface area contributed by atoms with Crippen molar-refractivity contribution >= 4 is 5.97 Å². The van der Waals surface area contributed by atoms with Crippen molar-refractivity contribution in [2.75, 3.05) is 0 Å². The summed E-state index contributed by atoms with van der Waals surface area (Å²) in [5.74, 6) is 1.80. The van der Waals surface area contributed by atoms with Gasteiger partial charge in [0, 0.05) is 6.92 Å². The number of hydrogen-bond acceptors (Lipinski definition) is 2. The molecule has 112 valence electrons. The molecular weight excluding hydrogens is 248 g/mol. The minimum absolute atomic E-state index is 0.232. The third-order valence-electron chi connectivity index (χ3n) is 4.27. The lowest BCUT2D eigenvalue weighted by atomic mass is 9.82. The Balaban J connectivity index is 2.60. The number of carbonyl (C=O) groups is 1. The summed E-state index contributed by atoms with van der Waals surface area (Å²) in [5.41, 5.74) is 2.41. The van der Waals surface area contributed by atoms with Gasteiger partial charge < -0.3 is 4.74 Å². The van der Waals surface area contributed by atoms with Crippen molar-refractivity contribution in [2.24, 2.45) is 11.8 Å². The third kappa shape index (κ3) is 5.36. The molecule has 0 fully saturated rings. The van der Waals surface area contributed by atoms with E-state index in [1.807, 2.05) is 0 Å². The monoisotopic (exact) mass is 276 g/mol. The zero-order valence-corrected chi connectivity index (χ0v) is 13.5. The Kier molecular flexibility index (Phi) is 6.77. The van der Waals surface area contributed by atoms with Gasteiger partial charge in [-0.05, 0) is 35.3 Å². The molecule has 1 rings (SSSR count). The quantitative estimate of drug-likeness (QED) is 0.660. The molecule has 0 aliphatic rings. The van der Waals surface area contributed by atoms with Crippen LogP contribution in [0.3, 0.4) is 0 Å². The fraction of sp³-hybridized carbons (Fsp3) is 0.611. The van der Waals surface area contributed by atoms with E-state index in [-0.39, 0.29) is 5.97 Å². The van der Waals surface area contributed by atoms with Crippen molar-refractivity contribution in [3.8, 4) is 0 Å². The lowest BCUT2D eigenvalue weighted by molar-refractivity contribution is -0.142. The Morgan fingerprint density at radius 1 is 1.15 bits per heavy atom. The second-order valence-electron chi connectivity index (χ2n) is 6.04. The first-order valence-corrected chi connectivity index (χ1v) is 7.66. The minimum atomic E-state index is -0.232. The Labute approximate surface area is 123 Å². The first-order valence-electron chi connectivity index (χ1n) is 7.66. The number of ether oxygens (including phenoxy) is 1. The van der Waals surface area contributed by atoms with Crippen LogP contribution in [0.25, 0.3) is 0 Å². The van der Waals surface area contributed by atoms with Crippen molar-refractivity contribution in [3.63, 3.8) is 0 Å². The molecule has 0 aromatic heterocycles. The Morgan fingerprint density at radius 2 is 1.75 bits per heavy atom. The van der Waals surface area contributed by atoms with Crippen LogP contribution in [0, 0.1) is 11.8 Å². The van der Waals surface area contributed by atoms with Crippen LogP contribution >= 0.6 is 0 Å². The summed E-state index contributed by atoms with van der Waals surface area (Å²) in [7, 11) is 0. The number of esters is 1. The van der Waals surface area contributed by atoms with Crippen LogP contribution in [-0.4, -0.2) is 5.97 Å². The van der Waals surface area contributed by atoms with Gasteiger partial charge >= 0.3 is 5.97 Å². The van der Waals surface area contributed by atoms with Gasteiger partial charge in [0.2, 0.25) is 0 Å². The molecule has 0 radical (unpaired) electrons. The van der Waals surface area contributed by atoms with E-state index in [1.165, 1.54) is 25.3 Å². The van der Waals surface area contributed by atoms with Gasteiger partial charge in [-0.3, -0.25) is 4.79 Å². The molecule has 0 amide bonds. The van der Waals surface area contributed by atoms with Crippen LogP contribution < -0.4 is 0 Å². The van der Waals surface area contributed by atoms with Crippen LogP contribution in [0.2, 0.25) is 0 Å². The SMILES string of the molecule is CCC(C)CC(C)C(C)c1ccc(COC(C)=O)cc1. The average molecular weight is 276 g/mol. The van der Waals surface area contributed by atoms with Gasteiger partial charge in [-0.1, -0.05) is 58.4 Å². The Bertz CT molecular complexity index is 408. The largest absolute Gasteiger partial charge is 0.461 e. The summed E-state index contributed by atoms with van der Waals surface area (Å²) in [6, 6.07) is 8.45. The van der Waals surface area contributed by atoms with E-state index in [9.17, 15) is 4.79 Å². The third-order valence-corrected chi connectivity index (χ3v) is 4.27. The van der Waals surface area contributed by atoms with Crippen molar-refractivity contribution < 1.29 is 9.53 Å². The van der Waals surface area contributed by atoms with Crippen LogP contribution in [0.5, 0.6) is 0 Å². The molecule has 0 aliphatic carbocycles. The molecule has 0 heterocycles. The first kappa shape index (κ1) is 16.7. The number of rotatable bonds is 7. The van der Waals surface area contributed by atoms with Crippen LogP contribution in [0.15, 0.2) is 24.3 Å². The highest BCUT2D eigenvalue weighted by Gasteiger charge is 2.16. The minimum Gasteiger partial charge on any atom is -0.461 e. The standard InChI is InChI=1S/C18H28O2/c1-6-13(2)11-14(3)15(4)18-9-7-17(8-10-18)12-20-16(5)19/h7-10,13-15H,6,11-12H2,1-5H3. The maximum atomic E-state index is 10.8. The highest BCUT2D eigenvalue weighted by molar-refractivity contribution is 5.65. The molecule has 0 spiro atoms. The summed E-state index contributed by atoms with van der Waals surface area (Å²) >= 11 is 0. The maximum absolute atomic E-state index is 10.8. The summed E-state index contributed by atoms with van der Waals surface area (Å²) in [4.78, 5) is 10.8. The molecule has 0 saturated carbocycles. The number of hydrogen-bond donors (Lipinski definition) is 0. The van der Waals surface area contributed by atoms with Crippen molar-refractivity contribution in [1.29, 1.82) is 0 Å². The van der Waals surface area contributed by atoms with Crippen LogP contribution in [0.1, 0.15) is 64.5 Å². The summed E-state index contributed by atoms with van der Waals surface area (Å²) < 4.78 is 5.00. The zero-order valence-electron chi connectivity index (χ0n) is 13.5. The molecule has 2 nitrogen and oxygen atoms in total. The molecule has 1 aromatic rings. The molecule has 3 unspecified atom stereocenters. The lowest BCUT2D eigenvalue weighted by Gasteiger charge is -2.23. The first-order chi connectivity index (χ1) is 9.43. The van der Waals surface area contributed by atoms with Crippen molar-refractivity contribution in [1.82, 2.24) is 0 Å². The second-order valence-corrected chi connectivity index (χ2v) is 6.04. The van der Waals surface area contributed by atoms with Crippen LogP contribution in [0.4, 0.5) is 0 Å². The van der Waals surface area contributed by atoms with Gasteiger partial charge in [0.15, 0.2) is 0 Å². The predicted molar refractivity (Wildman–Crippen MR) is 83.6 cm³/mol. The molecule has 2 heteroatoms. The zero-order chi connectivity index (χ0) is 15.1. The van der Waals surface area contributed by atoms with E-state index in [2.05, 4.69) is 52.0 Å². The molecule has 0 N–H and O–H groups in total. The fourth-order valence-electron chi connectivity index (χ4n) is 2.44. The summed E-state index contributed by atoms with van der Waals surface area (Å²) in [5, 5.41) is 0. The van der Waals surface area contributed by atoms with Gasteiger partial charge in [-0.2, -0.15) is 0 Å². The smallest absolute Gasteiger partial charge is 0.302 e. The van der Waals surface area contributed by atoms with Gasteiger partial charge in [-0.25, -0.2) is 0 Å². The second kappa shape index (κ2) is 8.08. The van der Waals surface area contributed by atoms with E-state index in [0.717, 1.165) is 11.5 Å². The van der Waals surface area contributed by atoms with E-state index in [0.29, 0.717) is 18.4 Å². The Hall–Kier alpha value is -1.31. The van der Waals surface area contributed by atoms with E-state index >= 15 is 0 Å². The normalized spacial score (nSPS) is 15.4. The summed E-state index contributed by atoms with van der Waals surface area (Å²) in [6.45, 7) is 11.0. The van der Waals surface area contributed by atoms with Gasteiger partial charge in [0.1, 0.15) is 6.61 Å².